The molecule has 0 saturated heterocycles. The monoisotopic (exact) mass is 248 g/mol. The Labute approximate surface area is 108 Å². The Morgan fingerprint density at radius 3 is 2.59 bits per heavy atom. The molecule has 2 atom stereocenters. The molecule has 2 unspecified atom stereocenters. The molecule has 0 fully saturated rings. The number of rotatable bonds is 7. The maximum atomic E-state index is 8.92. The third-order valence-corrected chi connectivity index (χ3v) is 3.53. The van der Waals surface area contributed by atoms with Crippen LogP contribution in [-0.2, 0) is 0 Å². The van der Waals surface area contributed by atoms with Crippen molar-refractivity contribution in [3.63, 3.8) is 0 Å². The summed E-state index contributed by atoms with van der Waals surface area (Å²) >= 11 is 1.84. The molecule has 1 N–H and O–H groups in total. The van der Waals surface area contributed by atoms with Crippen molar-refractivity contribution in [1.82, 2.24) is 5.32 Å². The zero-order chi connectivity index (χ0) is 12.5. The van der Waals surface area contributed by atoms with Crippen LogP contribution >= 0.6 is 11.8 Å². The molecule has 2 nitrogen and oxygen atoms in total. The van der Waals surface area contributed by atoms with Crippen molar-refractivity contribution < 1.29 is 0 Å². The van der Waals surface area contributed by atoms with Gasteiger partial charge in [-0.25, -0.2) is 0 Å². The smallest absolute Gasteiger partial charge is 0.0641 e. The molecule has 0 spiro atoms. The van der Waals surface area contributed by atoms with E-state index in [1.165, 1.54) is 5.56 Å². The summed E-state index contributed by atoms with van der Waals surface area (Å²) in [6.45, 7) is 2.18. The lowest BCUT2D eigenvalue weighted by molar-refractivity contribution is 0.456. The van der Waals surface area contributed by atoms with E-state index in [1.807, 2.05) is 30.0 Å². The number of nitrogens with zero attached hydrogens (tertiary/aromatic N) is 1. The van der Waals surface area contributed by atoms with Crippen molar-refractivity contribution in [3.05, 3.63) is 35.9 Å². The first-order chi connectivity index (χ1) is 8.31. The van der Waals surface area contributed by atoms with E-state index < -0.39 is 0 Å². The third kappa shape index (κ3) is 4.80. The molecule has 1 aromatic rings. The summed E-state index contributed by atoms with van der Waals surface area (Å²) in [6, 6.07) is 13.1. The Bertz CT molecular complexity index is 345. The summed E-state index contributed by atoms with van der Waals surface area (Å²) in [5.41, 5.74) is 1.20. The highest BCUT2D eigenvalue weighted by atomic mass is 32.2. The van der Waals surface area contributed by atoms with Crippen LogP contribution in [0, 0.1) is 11.3 Å². The van der Waals surface area contributed by atoms with E-state index in [1.54, 1.807) is 0 Å². The number of benzene rings is 1. The summed E-state index contributed by atoms with van der Waals surface area (Å²) in [5.74, 6) is 1.09. The van der Waals surface area contributed by atoms with E-state index in [0.29, 0.717) is 12.5 Å². The van der Waals surface area contributed by atoms with Crippen LogP contribution in [0.3, 0.4) is 0 Å². The molecule has 0 heterocycles. The van der Waals surface area contributed by atoms with E-state index in [9.17, 15) is 0 Å². The predicted octanol–water partition coefficient (Wildman–Crippen LogP) is 3.37. The number of nitrogens with one attached hydrogen (secondary N) is 1. The molecule has 0 aliphatic heterocycles. The van der Waals surface area contributed by atoms with Gasteiger partial charge in [0.05, 0.1) is 12.5 Å². The summed E-state index contributed by atoms with van der Waals surface area (Å²) in [6.07, 6.45) is 3.73. The van der Waals surface area contributed by atoms with Gasteiger partial charge in [-0.2, -0.15) is 17.0 Å². The highest BCUT2D eigenvalue weighted by molar-refractivity contribution is 7.98. The molecule has 0 aromatic heterocycles. The lowest BCUT2D eigenvalue weighted by Crippen LogP contribution is -2.34. The molecule has 3 heteroatoms. The zero-order valence-corrected chi connectivity index (χ0v) is 11.3. The Balaban J connectivity index is 2.69. The second kappa shape index (κ2) is 8.16. The molecule has 1 rings (SSSR count). The van der Waals surface area contributed by atoms with Gasteiger partial charge in [0, 0.05) is 17.8 Å². The first-order valence-corrected chi connectivity index (χ1v) is 7.38. The number of nitriles is 1. The van der Waals surface area contributed by atoms with Crippen LogP contribution in [0.2, 0.25) is 0 Å². The predicted molar refractivity (Wildman–Crippen MR) is 75.0 cm³/mol. The second-order valence-corrected chi connectivity index (χ2v) is 4.96. The van der Waals surface area contributed by atoms with Crippen LogP contribution in [0.5, 0.6) is 0 Å². The number of thioether (sulfide) groups is 1. The van der Waals surface area contributed by atoms with Crippen LogP contribution in [0.25, 0.3) is 0 Å². The van der Waals surface area contributed by atoms with Gasteiger partial charge in [-0.3, -0.25) is 0 Å². The molecule has 0 aliphatic rings. The molecule has 0 bridgehead atoms. The fraction of sp³-hybridized carbons (Fsp3) is 0.500. The normalized spacial score (nSPS) is 13.9. The fourth-order valence-electron chi connectivity index (χ4n) is 1.82. The summed E-state index contributed by atoms with van der Waals surface area (Å²) in [7, 11) is 0. The summed E-state index contributed by atoms with van der Waals surface area (Å²) in [4.78, 5) is 0. The second-order valence-electron chi connectivity index (χ2n) is 4.05. The van der Waals surface area contributed by atoms with E-state index in [-0.39, 0.29) is 6.04 Å². The van der Waals surface area contributed by atoms with Crippen LogP contribution in [0.15, 0.2) is 30.3 Å². The van der Waals surface area contributed by atoms with Crippen LogP contribution in [0.4, 0.5) is 0 Å². The van der Waals surface area contributed by atoms with E-state index in [2.05, 4.69) is 36.7 Å². The number of hydrogen-bond donors (Lipinski definition) is 1. The van der Waals surface area contributed by atoms with Crippen LogP contribution in [0.1, 0.15) is 31.4 Å². The molecule has 17 heavy (non-hydrogen) atoms. The van der Waals surface area contributed by atoms with Crippen molar-refractivity contribution in [3.8, 4) is 6.07 Å². The Morgan fingerprint density at radius 1 is 1.35 bits per heavy atom. The Kier molecular flexibility index (Phi) is 6.76. The van der Waals surface area contributed by atoms with Gasteiger partial charge in [0.1, 0.15) is 0 Å². The molecule has 1 aromatic carbocycles. The molecule has 92 valence electrons. The minimum absolute atomic E-state index is 0.151. The summed E-state index contributed by atoms with van der Waals surface area (Å²) < 4.78 is 0. The van der Waals surface area contributed by atoms with Gasteiger partial charge in [0.15, 0.2) is 0 Å². The number of hydrogen-bond acceptors (Lipinski definition) is 3. The van der Waals surface area contributed by atoms with Gasteiger partial charge in [-0.05, 0) is 18.2 Å². The first-order valence-electron chi connectivity index (χ1n) is 5.98. The van der Waals surface area contributed by atoms with Crippen molar-refractivity contribution in [1.29, 1.82) is 5.26 Å². The molecule has 0 amide bonds. The fourth-order valence-corrected chi connectivity index (χ4v) is 2.55. The topological polar surface area (TPSA) is 35.8 Å². The zero-order valence-electron chi connectivity index (χ0n) is 10.5. The summed E-state index contributed by atoms with van der Waals surface area (Å²) in [5, 5.41) is 12.5. The molecular weight excluding hydrogens is 228 g/mol. The third-order valence-electron chi connectivity index (χ3n) is 2.79. The molecule has 0 radical (unpaired) electrons. The van der Waals surface area contributed by atoms with Gasteiger partial charge in [0.2, 0.25) is 0 Å². The molecular formula is C14H20N2S. The van der Waals surface area contributed by atoms with E-state index in [4.69, 9.17) is 5.26 Å². The minimum atomic E-state index is 0.151. The largest absolute Gasteiger partial charge is 0.305 e. The average molecular weight is 248 g/mol. The van der Waals surface area contributed by atoms with Gasteiger partial charge in [-0.1, -0.05) is 37.3 Å². The van der Waals surface area contributed by atoms with Crippen molar-refractivity contribution in [2.75, 3.05) is 12.0 Å². The highest BCUT2D eigenvalue weighted by Gasteiger charge is 2.15. The minimum Gasteiger partial charge on any atom is -0.305 e. The maximum absolute atomic E-state index is 8.92. The molecule has 0 aliphatic carbocycles. The van der Waals surface area contributed by atoms with Crippen molar-refractivity contribution in [2.24, 2.45) is 0 Å². The maximum Gasteiger partial charge on any atom is 0.0641 e. The van der Waals surface area contributed by atoms with Gasteiger partial charge in [0.25, 0.3) is 0 Å². The van der Waals surface area contributed by atoms with Gasteiger partial charge >= 0.3 is 0 Å². The van der Waals surface area contributed by atoms with E-state index >= 15 is 0 Å². The Morgan fingerprint density at radius 2 is 2.06 bits per heavy atom. The lowest BCUT2D eigenvalue weighted by Gasteiger charge is -2.23. The van der Waals surface area contributed by atoms with Gasteiger partial charge in [-0.15, -0.1) is 0 Å². The quantitative estimate of drug-likeness (QED) is 0.803. The standard InChI is InChI=1S/C14H20N2S/c1-3-13(11-17-2)16-14(9-10-15)12-7-5-4-6-8-12/h4-8,13-14,16H,3,9,11H2,1-2H3. The van der Waals surface area contributed by atoms with Crippen molar-refractivity contribution in [2.45, 2.75) is 31.8 Å². The van der Waals surface area contributed by atoms with Crippen molar-refractivity contribution >= 4 is 11.8 Å². The van der Waals surface area contributed by atoms with Crippen LogP contribution < -0.4 is 5.32 Å². The van der Waals surface area contributed by atoms with Gasteiger partial charge < -0.3 is 5.32 Å². The van der Waals surface area contributed by atoms with Crippen LogP contribution in [-0.4, -0.2) is 18.1 Å². The molecule has 0 saturated carbocycles. The highest BCUT2D eigenvalue weighted by Crippen LogP contribution is 2.18. The lowest BCUT2D eigenvalue weighted by atomic mass is 10.0. The van der Waals surface area contributed by atoms with E-state index in [0.717, 1.165) is 12.2 Å². The SMILES string of the molecule is CCC(CSC)NC(CC#N)c1ccccc1. The average Bonchev–Trinajstić information content (AvgIpc) is 2.38. The first kappa shape index (κ1) is 14.1. The Hall–Kier alpha value is -0.980.